The number of carbonyl (C=O) groups is 2. The van der Waals surface area contributed by atoms with Gasteiger partial charge in [-0.1, -0.05) is 26.0 Å². The van der Waals surface area contributed by atoms with Crippen LogP contribution in [0, 0.1) is 16.7 Å². The van der Waals surface area contributed by atoms with Gasteiger partial charge in [-0.05, 0) is 72.1 Å². The Balaban J connectivity index is 1.84. The van der Waals surface area contributed by atoms with E-state index in [4.69, 9.17) is 20.5 Å². The summed E-state index contributed by atoms with van der Waals surface area (Å²) in [7, 11) is 3.07. The van der Waals surface area contributed by atoms with Crippen LogP contribution in [-0.4, -0.2) is 44.0 Å². The second-order valence-corrected chi connectivity index (χ2v) is 9.44. The third kappa shape index (κ3) is 7.09. The fourth-order valence-corrected chi connectivity index (χ4v) is 3.80. The third-order valence-electron chi connectivity index (χ3n) is 5.92. The SMILES string of the molecule is COc1ccc(C(=O)N(Cc2cccc(NC(=O)c3ccc(C#N)cc3)c2)CC(C)(C)CN)cc1OC. The van der Waals surface area contributed by atoms with E-state index >= 15 is 0 Å². The molecule has 0 saturated heterocycles. The van der Waals surface area contributed by atoms with Crippen molar-refractivity contribution < 1.29 is 19.1 Å². The van der Waals surface area contributed by atoms with E-state index in [-0.39, 0.29) is 17.2 Å². The van der Waals surface area contributed by atoms with Crippen molar-refractivity contribution in [2.75, 3.05) is 32.6 Å². The maximum absolute atomic E-state index is 13.6. The lowest BCUT2D eigenvalue weighted by atomic mass is 9.92. The predicted molar refractivity (Wildman–Crippen MR) is 143 cm³/mol. The van der Waals surface area contributed by atoms with Crippen molar-refractivity contribution in [3.05, 3.63) is 89.0 Å². The first-order valence-electron chi connectivity index (χ1n) is 11.8. The van der Waals surface area contributed by atoms with Crippen LogP contribution in [0.5, 0.6) is 11.5 Å². The van der Waals surface area contributed by atoms with Crippen molar-refractivity contribution >= 4 is 17.5 Å². The Morgan fingerprint density at radius 3 is 2.27 bits per heavy atom. The summed E-state index contributed by atoms with van der Waals surface area (Å²) in [6, 6.07) is 20.9. The molecule has 0 bridgehead atoms. The van der Waals surface area contributed by atoms with Crippen LogP contribution in [0.2, 0.25) is 0 Å². The maximum Gasteiger partial charge on any atom is 0.255 e. The molecular formula is C29H32N4O4. The highest BCUT2D eigenvalue weighted by atomic mass is 16.5. The highest BCUT2D eigenvalue weighted by Crippen LogP contribution is 2.29. The first-order valence-corrected chi connectivity index (χ1v) is 11.8. The number of nitriles is 1. The lowest BCUT2D eigenvalue weighted by Crippen LogP contribution is -2.41. The molecule has 0 atom stereocenters. The minimum atomic E-state index is -0.312. The smallest absolute Gasteiger partial charge is 0.255 e. The number of amides is 2. The summed E-state index contributed by atoms with van der Waals surface area (Å²) >= 11 is 0. The van der Waals surface area contributed by atoms with Crippen LogP contribution in [0.25, 0.3) is 0 Å². The number of nitrogens with zero attached hydrogens (tertiary/aromatic N) is 2. The molecule has 8 heteroatoms. The fraction of sp³-hybridized carbons (Fsp3) is 0.276. The average molecular weight is 501 g/mol. The Morgan fingerprint density at radius 1 is 0.973 bits per heavy atom. The average Bonchev–Trinajstić information content (AvgIpc) is 2.92. The van der Waals surface area contributed by atoms with Crippen molar-refractivity contribution in [1.82, 2.24) is 4.90 Å². The van der Waals surface area contributed by atoms with Gasteiger partial charge in [0, 0.05) is 29.9 Å². The van der Waals surface area contributed by atoms with Gasteiger partial charge < -0.3 is 25.4 Å². The lowest BCUT2D eigenvalue weighted by Gasteiger charge is -2.32. The Bertz CT molecular complexity index is 1300. The predicted octanol–water partition coefficient (Wildman–Crippen LogP) is 4.46. The van der Waals surface area contributed by atoms with E-state index in [2.05, 4.69) is 5.32 Å². The lowest BCUT2D eigenvalue weighted by molar-refractivity contribution is 0.0672. The molecule has 0 spiro atoms. The number of ether oxygens (including phenoxy) is 2. The Kier molecular flexibility index (Phi) is 8.88. The zero-order valence-corrected chi connectivity index (χ0v) is 21.6. The van der Waals surface area contributed by atoms with Gasteiger partial charge in [-0.2, -0.15) is 5.26 Å². The first-order chi connectivity index (χ1) is 17.7. The largest absolute Gasteiger partial charge is 0.493 e. The normalized spacial score (nSPS) is 10.8. The molecule has 0 fully saturated rings. The zero-order chi connectivity index (χ0) is 27.0. The van der Waals surface area contributed by atoms with E-state index in [0.29, 0.717) is 53.5 Å². The van der Waals surface area contributed by atoms with Gasteiger partial charge in [-0.3, -0.25) is 9.59 Å². The van der Waals surface area contributed by atoms with Gasteiger partial charge in [0.05, 0.1) is 25.9 Å². The molecule has 2 amide bonds. The maximum atomic E-state index is 13.6. The number of benzene rings is 3. The molecule has 0 radical (unpaired) electrons. The highest BCUT2D eigenvalue weighted by Gasteiger charge is 2.26. The summed E-state index contributed by atoms with van der Waals surface area (Å²) in [4.78, 5) is 28.0. The number of hydrogen-bond acceptors (Lipinski definition) is 6. The number of nitrogens with one attached hydrogen (secondary N) is 1. The van der Waals surface area contributed by atoms with Gasteiger partial charge >= 0.3 is 0 Å². The standard InChI is InChI=1S/C29H32N4O4/c1-29(2,18-31)19-33(28(35)23-12-13-25(36-3)26(15-23)37-4)17-21-6-5-7-24(14-21)32-27(34)22-10-8-20(16-30)9-11-22/h5-15H,17-19,31H2,1-4H3,(H,32,34). The third-order valence-corrected chi connectivity index (χ3v) is 5.92. The molecule has 3 aromatic rings. The molecule has 0 heterocycles. The molecule has 0 saturated carbocycles. The van der Waals surface area contributed by atoms with Gasteiger partial charge in [0.25, 0.3) is 11.8 Å². The van der Waals surface area contributed by atoms with E-state index < -0.39 is 0 Å². The van der Waals surface area contributed by atoms with Crippen LogP contribution in [0.3, 0.4) is 0 Å². The molecule has 3 rings (SSSR count). The minimum Gasteiger partial charge on any atom is -0.493 e. The van der Waals surface area contributed by atoms with E-state index in [9.17, 15) is 9.59 Å². The fourth-order valence-electron chi connectivity index (χ4n) is 3.80. The summed E-state index contributed by atoms with van der Waals surface area (Å²) in [6.07, 6.45) is 0. The first kappa shape index (κ1) is 27.2. The molecule has 0 unspecified atom stereocenters. The second-order valence-electron chi connectivity index (χ2n) is 9.44. The monoisotopic (exact) mass is 500 g/mol. The van der Waals surface area contributed by atoms with Crippen molar-refractivity contribution in [2.24, 2.45) is 11.1 Å². The van der Waals surface area contributed by atoms with Crippen LogP contribution in [0.15, 0.2) is 66.7 Å². The number of carbonyl (C=O) groups excluding carboxylic acids is 2. The topological polar surface area (TPSA) is 118 Å². The Labute approximate surface area is 217 Å². The molecular weight excluding hydrogens is 468 g/mol. The van der Waals surface area contributed by atoms with E-state index in [1.165, 1.54) is 7.11 Å². The number of methoxy groups -OCH3 is 2. The number of nitrogens with two attached hydrogens (primary N) is 1. The van der Waals surface area contributed by atoms with Gasteiger partial charge in [-0.15, -0.1) is 0 Å². The summed E-state index contributed by atoms with van der Waals surface area (Å²) in [6.45, 7) is 5.17. The van der Waals surface area contributed by atoms with Crippen LogP contribution < -0.4 is 20.5 Å². The van der Waals surface area contributed by atoms with Gasteiger partial charge in [-0.25, -0.2) is 0 Å². The molecule has 37 heavy (non-hydrogen) atoms. The van der Waals surface area contributed by atoms with Gasteiger partial charge in [0.1, 0.15) is 0 Å². The molecule has 8 nitrogen and oxygen atoms in total. The quantitative estimate of drug-likeness (QED) is 0.425. The molecule has 0 aliphatic heterocycles. The number of rotatable bonds is 10. The Morgan fingerprint density at radius 2 is 1.65 bits per heavy atom. The van der Waals surface area contributed by atoms with Crippen LogP contribution >= 0.6 is 0 Å². The molecule has 0 aliphatic rings. The van der Waals surface area contributed by atoms with E-state index in [0.717, 1.165) is 5.56 Å². The summed E-state index contributed by atoms with van der Waals surface area (Å²) < 4.78 is 10.7. The van der Waals surface area contributed by atoms with Gasteiger partial charge in [0.15, 0.2) is 11.5 Å². The molecule has 0 aromatic heterocycles. The number of anilines is 1. The van der Waals surface area contributed by atoms with Crippen LogP contribution in [-0.2, 0) is 6.54 Å². The summed E-state index contributed by atoms with van der Waals surface area (Å²) in [5.74, 6) is 0.552. The highest BCUT2D eigenvalue weighted by molar-refractivity contribution is 6.04. The second kappa shape index (κ2) is 12.1. The van der Waals surface area contributed by atoms with Crippen molar-refractivity contribution in [3.63, 3.8) is 0 Å². The molecule has 192 valence electrons. The Hall–Kier alpha value is -4.35. The van der Waals surface area contributed by atoms with E-state index in [1.807, 2.05) is 38.1 Å². The molecule has 3 aromatic carbocycles. The molecule has 0 aliphatic carbocycles. The van der Waals surface area contributed by atoms with Crippen molar-refractivity contribution in [3.8, 4) is 17.6 Å². The molecule has 3 N–H and O–H groups in total. The number of hydrogen-bond donors (Lipinski definition) is 2. The zero-order valence-electron chi connectivity index (χ0n) is 21.6. The van der Waals surface area contributed by atoms with E-state index in [1.54, 1.807) is 60.5 Å². The van der Waals surface area contributed by atoms with Crippen molar-refractivity contribution in [1.29, 1.82) is 5.26 Å². The van der Waals surface area contributed by atoms with Crippen LogP contribution in [0.4, 0.5) is 5.69 Å². The van der Waals surface area contributed by atoms with Crippen LogP contribution in [0.1, 0.15) is 45.7 Å². The van der Waals surface area contributed by atoms with Crippen molar-refractivity contribution in [2.45, 2.75) is 20.4 Å². The minimum absolute atomic E-state index is 0.172. The van der Waals surface area contributed by atoms with Gasteiger partial charge in [0.2, 0.25) is 0 Å². The summed E-state index contributed by atoms with van der Waals surface area (Å²) in [5, 5.41) is 11.8. The summed E-state index contributed by atoms with van der Waals surface area (Å²) in [5.41, 5.74) is 8.51.